The first-order valence-corrected chi connectivity index (χ1v) is 6.08. The molecule has 0 saturated heterocycles. The number of hydrogen-bond donors (Lipinski definition) is 0. The first-order valence-electron chi connectivity index (χ1n) is 6.08. The van der Waals surface area contributed by atoms with Gasteiger partial charge in [0.1, 0.15) is 0 Å². The number of rotatable bonds is 1. The fourth-order valence-corrected chi connectivity index (χ4v) is 1.62. The van der Waals surface area contributed by atoms with Gasteiger partial charge in [-0.15, -0.1) is 0 Å². The van der Waals surface area contributed by atoms with Crippen LogP contribution in [0.3, 0.4) is 0 Å². The van der Waals surface area contributed by atoms with Crippen LogP contribution >= 0.6 is 0 Å². The fourth-order valence-electron chi connectivity index (χ4n) is 1.62. The Morgan fingerprint density at radius 1 is 1.00 bits per heavy atom. The Morgan fingerprint density at radius 2 is 1.63 bits per heavy atom. The maximum absolute atomic E-state index is 11.9. The lowest BCUT2D eigenvalue weighted by Gasteiger charge is -2.13. The van der Waals surface area contributed by atoms with Gasteiger partial charge in [0.05, 0.1) is 0 Å². The molecule has 0 spiro atoms. The third-order valence-corrected chi connectivity index (χ3v) is 2.81. The molecule has 1 amide bonds. The minimum absolute atomic E-state index is 0.216. The van der Waals surface area contributed by atoms with Crippen LogP contribution in [0.15, 0.2) is 54.6 Å². The molecule has 2 nitrogen and oxygen atoms in total. The van der Waals surface area contributed by atoms with Crippen molar-refractivity contribution in [1.82, 2.24) is 0 Å². The average molecular weight is 249 g/mol. The highest BCUT2D eigenvalue weighted by molar-refractivity contribution is 6.05. The van der Waals surface area contributed by atoms with Gasteiger partial charge in [0.15, 0.2) is 0 Å². The summed E-state index contributed by atoms with van der Waals surface area (Å²) in [6, 6.07) is 17.3. The maximum atomic E-state index is 11.9. The summed E-state index contributed by atoms with van der Waals surface area (Å²) in [5.41, 5.74) is 2.87. The number of carbonyl (C=O) groups excluding carboxylic acids is 1. The highest BCUT2D eigenvalue weighted by Gasteiger charge is 2.06. The Labute approximate surface area is 113 Å². The summed E-state index contributed by atoms with van der Waals surface area (Å²) in [4.78, 5) is 13.5. The summed E-state index contributed by atoms with van der Waals surface area (Å²) in [7, 11) is 1.72. The van der Waals surface area contributed by atoms with Crippen molar-refractivity contribution in [3.05, 3.63) is 65.7 Å². The normalized spacial score (nSPS) is 9.37. The summed E-state index contributed by atoms with van der Waals surface area (Å²) < 4.78 is 0. The molecule has 2 aromatic carbocycles. The number of para-hydroxylation sites is 1. The highest BCUT2D eigenvalue weighted by Crippen LogP contribution is 2.10. The van der Waals surface area contributed by atoms with Gasteiger partial charge in [-0.1, -0.05) is 41.8 Å². The second-order valence-electron chi connectivity index (χ2n) is 4.32. The maximum Gasteiger partial charge on any atom is 0.302 e. The third-order valence-electron chi connectivity index (χ3n) is 2.81. The van der Waals surface area contributed by atoms with Crippen LogP contribution in [0, 0.1) is 18.8 Å². The Hall–Kier alpha value is -2.53. The predicted octanol–water partition coefficient (Wildman–Crippen LogP) is 3.01. The first-order chi connectivity index (χ1) is 9.16. The fraction of sp³-hybridized carbons (Fsp3) is 0.118. The van der Waals surface area contributed by atoms with Crippen molar-refractivity contribution in [2.75, 3.05) is 11.9 Å². The summed E-state index contributed by atoms with van der Waals surface area (Å²) in [5.74, 6) is 5.32. The largest absolute Gasteiger partial charge is 0.305 e. The topological polar surface area (TPSA) is 20.3 Å². The molecule has 0 atom stereocenters. The molecule has 0 aliphatic rings. The minimum Gasteiger partial charge on any atom is -0.305 e. The zero-order chi connectivity index (χ0) is 13.7. The molecule has 0 radical (unpaired) electrons. The molecule has 2 heteroatoms. The van der Waals surface area contributed by atoms with Crippen molar-refractivity contribution in [3.63, 3.8) is 0 Å². The van der Waals surface area contributed by atoms with Crippen LogP contribution in [0.5, 0.6) is 0 Å². The average Bonchev–Trinajstić information content (AvgIpc) is 2.46. The van der Waals surface area contributed by atoms with Crippen molar-refractivity contribution in [3.8, 4) is 11.8 Å². The van der Waals surface area contributed by atoms with Crippen LogP contribution in [0.25, 0.3) is 0 Å². The monoisotopic (exact) mass is 249 g/mol. The Kier molecular flexibility index (Phi) is 4.00. The van der Waals surface area contributed by atoms with Gasteiger partial charge >= 0.3 is 5.91 Å². The predicted molar refractivity (Wildman–Crippen MR) is 77.9 cm³/mol. The lowest BCUT2D eigenvalue weighted by molar-refractivity contribution is -0.113. The van der Waals surface area contributed by atoms with E-state index >= 15 is 0 Å². The second kappa shape index (κ2) is 5.88. The number of anilines is 1. The van der Waals surface area contributed by atoms with Gasteiger partial charge in [0, 0.05) is 24.2 Å². The molecule has 0 bridgehead atoms. The zero-order valence-electron chi connectivity index (χ0n) is 11.1. The van der Waals surface area contributed by atoms with E-state index in [1.807, 2.05) is 61.5 Å². The molecule has 0 N–H and O–H groups in total. The first kappa shape index (κ1) is 12.9. The smallest absolute Gasteiger partial charge is 0.302 e. The quantitative estimate of drug-likeness (QED) is 0.711. The molecule has 19 heavy (non-hydrogen) atoms. The van der Waals surface area contributed by atoms with Gasteiger partial charge in [-0.2, -0.15) is 0 Å². The minimum atomic E-state index is -0.216. The Bertz CT molecular complexity index is 618. The summed E-state index contributed by atoms with van der Waals surface area (Å²) in [6.45, 7) is 2.02. The van der Waals surface area contributed by atoms with Gasteiger partial charge in [-0.25, -0.2) is 0 Å². The van der Waals surface area contributed by atoms with Crippen LogP contribution in [-0.4, -0.2) is 13.0 Å². The molecular weight excluding hydrogens is 234 g/mol. The molecule has 0 saturated carbocycles. The van der Waals surface area contributed by atoms with Crippen molar-refractivity contribution in [1.29, 1.82) is 0 Å². The van der Waals surface area contributed by atoms with Gasteiger partial charge in [0.25, 0.3) is 0 Å². The SMILES string of the molecule is Cc1ccc(C#CC(=O)N(C)c2ccccc2)cc1. The summed E-state index contributed by atoms with van der Waals surface area (Å²) >= 11 is 0. The van der Waals surface area contributed by atoms with Gasteiger partial charge in [0.2, 0.25) is 0 Å². The Balaban J connectivity index is 2.12. The van der Waals surface area contributed by atoms with Crippen molar-refractivity contribution in [2.45, 2.75) is 6.92 Å². The highest BCUT2D eigenvalue weighted by atomic mass is 16.2. The van der Waals surface area contributed by atoms with E-state index in [4.69, 9.17) is 0 Å². The Morgan fingerprint density at radius 3 is 2.26 bits per heavy atom. The molecule has 0 aliphatic carbocycles. The van der Waals surface area contributed by atoms with Crippen molar-refractivity contribution in [2.24, 2.45) is 0 Å². The van der Waals surface area contributed by atoms with E-state index < -0.39 is 0 Å². The molecule has 0 fully saturated rings. The van der Waals surface area contributed by atoms with E-state index in [9.17, 15) is 4.79 Å². The standard InChI is InChI=1S/C17H15NO/c1-14-8-10-15(11-9-14)12-13-17(19)18(2)16-6-4-3-5-7-16/h3-11H,1-2H3. The molecule has 0 unspecified atom stereocenters. The van der Waals surface area contributed by atoms with Gasteiger partial charge in [-0.05, 0) is 31.2 Å². The molecule has 0 aromatic heterocycles. The van der Waals surface area contributed by atoms with Gasteiger partial charge < -0.3 is 4.90 Å². The van der Waals surface area contributed by atoms with Crippen LogP contribution in [-0.2, 0) is 4.79 Å². The third kappa shape index (κ3) is 3.46. The van der Waals surface area contributed by atoms with Crippen LogP contribution in [0.2, 0.25) is 0 Å². The summed E-state index contributed by atoms with van der Waals surface area (Å²) in [6.07, 6.45) is 0. The lowest BCUT2D eigenvalue weighted by Crippen LogP contribution is -2.24. The number of nitrogens with zero attached hydrogens (tertiary/aromatic N) is 1. The number of carbonyl (C=O) groups is 1. The number of benzene rings is 2. The molecule has 2 rings (SSSR count). The van der Waals surface area contributed by atoms with E-state index in [2.05, 4.69) is 11.8 Å². The van der Waals surface area contributed by atoms with E-state index in [1.165, 1.54) is 5.56 Å². The van der Waals surface area contributed by atoms with Crippen molar-refractivity contribution < 1.29 is 4.79 Å². The van der Waals surface area contributed by atoms with E-state index in [-0.39, 0.29) is 5.91 Å². The zero-order valence-corrected chi connectivity index (χ0v) is 11.1. The molecular formula is C17H15NO. The number of hydrogen-bond acceptors (Lipinski definition) is 1. The van der Waals surface area contributed by atoms with Crippen molar-refractivity contribution >= 4 is 11.6 Å². The van der Waals surface area contributed by atoms with E-state index in [0.717, 1.165) is 11.3 Å². The lowest BCUT2D eigenvalue weighted by atomic mass is 10.1. The summed E-state index contributed by atoms with van der Waals surface area (Å²) in [5, 5.41) is 0. The number of aryl methyl sites for hydroxylation is 1. The van der Waals surface area contributed by atoms with Crippen LogP contribution in [0.1, 0.15) is 11.1 Å². The molecule has 0 heterocycles. The van der Waals surface area contributed by atoms with Crippen LogP contribution in [0.4, 0.5) is 5.69 Å². The molecule has 0 aliphatic heterocycles. The molecule has 94 valence electrons. The molecule has 2 aromatic rings. The van der Waals surface area contributed by atoms with Crippen LogP contribution < -0.4 is 4.90 Å². The van der Waals surface area contributed by atoms with Gasteiger partial charge in [-0.3, -0.25) is 4.79 Å². The second-order valence-corrected chi connectivity index (χ2v) is 4.32. The van der Waals surface area contributed by atoms with E-state index in [1.54, 1.807) is 11.9 Å². The van der Waals surface area contributed by atoms with E-state index in [0.29, 0.717) is 0 Å². The number of amides is 1.